The molecule has 2 heterocycles. The van der Waals surface area contributed by atoms with E-state index in [2.05, 4.69) is 5.32 Å². The number of rotatable bonds is 6. The van der Waals surface area contributed by atoms with E-state index in [1.807, 2.05) is 60.7 Å². The number of fused-ring (bicyclic) bond motifs is 1. The Balaban J connectivity index is 1.33. The summed E-state index contributed by atoms with van der Waals surface area (Å²) in [5.41, 5.74) is -0.152. The van der Waals surface area contributed by atoms with Gasteiger partial charge in [0.1, 0.15) is 13.2 Å². The molecule has 4 amide bonds. The molecule has 3 aromatic carbocycles. The molecule has 3 aromatic rings. The van der Waals surface area contributed by atoms with Gasteiger partial charge in [0, 0.05) is 7.05 Å². The lowest BCUT2D eigenvalue weighted by Crippen LogP contribution is -2.48. The first-order chi connectivity index (χ1) is 17.0. The van der Waals surface area contributed by atoms with Crippen LogP contribution in [-0.4, -0.2) is 60.5 Å². The summed E-state index contributed by atoms with van der Waals surface area (Å²) < 4.78 is 11.7. The maximum Gasteiger partial charge on any atom is 0.326 e. The Kier molecular flexibility index (Phi) is 5.86. The SMILES string of the molecule is CN(C[C@H]1COc2ccccc2O1)C(=O)CN1C(=O)NC(c2ccccc2)(c2ccccc2)C1=O. The van der Waals surface area contributed by atoms with Gasteiger partial charge in [-0.1, -0.05) is 72.8 Å². The van der Waals surface area contributed by atoms with E-state index < -0.39 is 17.5 Å². The van der Waals surface area contributed by atoms with Crippen molar-refractivity contribution in [1.82, 2.24) is 15.1 Å². The third kappa shape index (κ3) is 4.07. The molecular weight excluding hydrogens is 446 g/mol. The van der Waals surface area contributed by atoms with E-state index in [-0.39, 0.29) is 25.1 Å². The lowest BCUT2D eigenvalue weighted by Gasteiger charge is -2.30. The largest absolute Gasteiger partial charge is 0.486 e. The normalized spacial score (nSPS) is 18.2. The molecule has 5 rings (SSSR count). The van der Waals surface area contributed by atoms with Crippen molar-refractivity contribution in [2.75, 3.05) is 26.7 Å². The van der Waals surface area contributed by atoms with Crippen LogP contribution in [0.2, 0.25) is 0 Å². The van der Waals surface area contributed by atoms with Crippen molar-refractivity contribution in [2.45, 2.75) is 11.6 Å². The van der Waals surface area contributed by atoms with Crippen LogP contribution in [0.15, 0.2) is 84.9 Å². The number of benzene rings is 3. The summed E-state index contributed by atoms with van der Waals surface area (Å²) in [5, 5.41) is 2.86. The minimum absolute atomic E-state index is 0.249. The molecule has 0 aliphatic carbocycles. The number of hydrogen-bond acceptors (Lipinski definition) is 5. The Labute approximate surface area is 203 Å². The lowest BCUT2D eigenvalue weighted by atomic mass is 9.82. The first-order valence-electron chi connectivity index (χ1n) is 11.4. The molecule has 0 spiro atoms. The summed E-state index contributed by atoms with van der Waals surface area (Å²) in [4.78, 5) is 42.2. The van der Waals surface area contributed by atoms with Gasteiger partial charge in [0.15, 0.2) is 23.1 Å². The number of carbonyl (C=O) groups is 3. The monoisotopic (exact) mass is 471 g/mol. The first kappa shape index (κ1) is 22.5. The molecule has 8 nitrogen and oxygen atoms in total. The molecule has 0 aromatic heterocycles. The molecular formula is C27H25N3O5. The molecule has 178 valence electrons. The zero-order valence-corrected chi connectivity index (χ0v) is 19.2. The van der Waals surface area contributed by atoms with Gasteiger partial charge in [-0.15, -0.1) is 0 Å². The summed E-state index contributed by atoms with van der Waals surface area (Å²) in [6.07, 6.45) is -0.366. The van der Waals surface area contributed by atoms with E-state index in [4.69, 9.17) is 9.47 Å². The molecule has 0 bridgehead atoms. The van der Waals surface area contributed by atoms with Gasteiger partial charge in [0.05, 0.1) is 6.54 Å². The summed E-state index contributed by atoms with van der Waals surface area (Å²) in [6, 6.07) is 24.8. The van der Waals surface area contributed by atoms with Crippen molar-refractivity contribution >= 4 is 17.8 Å². The number of urea groups is 1. The number of hydrogen-bond donors (Lipinski definition) is 1. The number of carbonyl (C=O) groups excluding carboxylic acids is 3. The van der Waals surface area contributed by atoms with Gasteiger partial charge in [0.25, 0.3) is 5.91 Å². The van der Waals surface area contributed by atoms with Crippen LogP contribution in [0, 0.1) is 0 Å². The van der Waals surface area contributed by atoms with Gasteiger partial charge >= 0.3 is 6.03 Å². The third-order valence-electron chi connectivity index (χ3n) is 6.28. The molecule has 2 aliphatic rings. The average molecular weight is 472 g/mol. The van der Waals surface area contributed by atoms with Gasteiger partial charge < -0.3 is 19.7 Å². The standard InChI is InChI=1S/C27H25N3O5/c1-29(16-21-18-34-22-14-8-9-15-23(22)35-21)24(31)17-30-25(32)27(28-26(30)33,19-10-4-2-5-11-19)20-12-6-3-7-13-20/h2-15,21H,16-18H2,1H3,(H,28,33)/t21-/m0/s1. The zero-order valence-electron chi connectivity index (χ0n) is 19.2. The minimum atomic E-state index is -1.40. The van der Waals surface area contributed by atoms with Gasteiger partial charge in [-0.2, -0.15) is 0 Å². The highest BCUT2D eigenvalue weighted by Crippen LogP contribution is 2.36. The van der Waals surface area contributed by atoms with Crippen molar-refractivity contribution in [2.24, 2.45) is 0 Å². The topological polar surface area (TPSA) is 88.2 Å². The number of likely N-dealkylation sites (N-methyl/N-ethyl adjacent to an activating group) is 1. The van der Waals surface area contributed by atoms with Gasteiger partial charge in [-0.05, 0) is 23.3 Å². The highest BCUT2D eigenvalue weighted by molar-refractivity contribution is 6.11. The van der Waals surface area contributed by atoms with Gasteiger partial charge in [-0.3, -0.25) is 14.5 Å². The van der Waals surface area contributed by atoms with E-state index in [1.165, 1.54) is 4.90 Å². The van der Waals surface area contributed by atoms with Crippen molar-refractivity contribution < 1.29 is 23.9 Å². The van der Waals surface area contributed by atoms with Crippen LogP contribution >= 0.6 is 0 Å². The molecule has 8 heteroatoms. The predicted octanol–water partition coefficient (Wildman–Crippen LogP) is 2.78. The molecule has 1 fully saturated rings. The maximum absolute atomic E-state index is 13.8. The fourth-order valence-corrected chi connectivity index (χ4v) is 4.47. The average Bonchev–Trinajstić information content (AvgIpc) is 3.15. The van der Waals surface area contributed by atoms with Crippen LogP contribution in [0.25, 0.3) is 0 Å². The van der Waals surface area contributed by atoms with Crippen LogP contribution in [0.5, 0.6) is 11.5 Å². The van der Waals surface area contributed by atoms with Crippen LogP contribution in [0.4, 0.5) is 4.79 Å². The number of amides is 4. The third-order valence-corrected chi connectivity index (χ3v) is 6.28. The molecule has 1 atom stereocenters. The Hall–Kier alpha value is -4.33. The summed E-state index contributed by atoms with van der Waals surface area (Å²) in [7, 11) is 1.62. The van der Waals surface area contributed by atoms with Crippen molar-refractivity contribution in [1.29, 1.82) is 0 Å². The number of nitrogens with zero attached hydrogens (tertiary/aromatic N) is 2. The summed E-state index contributed by atoms with van der Waals surface area (Å²) in [6.45, 7) is 0.162. The zero-order chi connectivity index (χ0) is 24.4. The van der Waals surface area contributed by atoms with E-state index in [1.54, 1.807) is 31.3 Å². The van der Waals surface area contributed by atoms with Crippen LogP contribution < -0.4 is 14.8 Å². The van der Waals surface area contributed by atoms with E-state index in [0.717, 1.165) is 4.90 Å². The second-order valence-corrected chi connectivity index (χ2v) is 8.58. The fourth-order valence-electron chi connectivity index (χ4n) is 4.47. The second-order valence-electron chi connectivity index (χ2n) is 8.58. The first-order valence-corrected chi connectivity index (χ1v) is 11.4. The summed E-state index contributed by atoms with van der Waals surface area (Å²) >= 11 is 0. The Morgan fingerprint density at radius 2 is 1.51 bits per heavy atom. The van der Waals surface area contributed by atoms with E-state index in [9.17, 15) is 14.4 Å². The van der Waals surface area contributed by atoms with Crippen LogP contribution in [0.3, 0.4) is 0 Å². The van der Waals surface area contributed by atoms with Crippen molar-refractivity contribution in [3.8, 4) is 11.5 Å². The lowest BCUT2D eigenvalue weighted by molar-refractivity contribution is -0.138. The molecule has 35 heavy (non-hydrogen) atoms. The van der Waals surface area contributed by atoms with Gasteiger partial charge in [-0.25, -0.2) is 4.79 Å². The highest BCUT2D eigenvalue weighted by Gasteiger charge is 2.54. The quantitative estimate of drug-likeness (QED) is 0.559. The smallest absolute Gasteiger partial charge is 0.326 e. The molecule has 1 saturated heterocycles. The van der Waals surface area contributed by atoms with Crippen LogP contribution in [-0.2, 0) is 15.1 Å². The van der Waals surface area contributed by atoms with Crippen molar-refractivity contribution in [3.05, 3.63) is 96.1 Å². The number of imide groups is 1. The maximum atomic E-state index is 13.8. The van der Waals surface area contributed by atoms with Crippen LogP contribution in [0.1, 0.15) is 11.1 Å². The van der Waals surface area contributed by atoms with E-state index in [0.29, 0.717) is 29.2 Å². The highest BCUT2D eigenvalue weighted by atomic mass is 16.6. The Morgan fingerprint density at radius 3 is 2.14 bits per heavy atom. The molecule has 1 N–H and O–H groups in total. The number of nitrogens with one attached hydrogen (secondary N) is 1. The molecule has 0 unspecified atom stereocenters. The summed E-state index contributed by atoms with van der Waals surface area (Å²) in [5.74, 6) is 0.408. The molecule has 0 saturated carbocycles. The number of para-hydroxylation sites is 2. The van der Waals surface area contributed by atoms with E-state index >= 15 is 0 Å². The Morgan fingerprint density at radius 1 is 0.943 bits per heavy atom. The molecule has 0 radical (unpaired) electrons. The number of ether oxygens (including phenoxy) is 2. The minimum Gasteiger partial charge on any atom is -0.486 e. The molecule has 2 aliphatic heterocycles. The predicted molar refractivity (Wildman–Crippen MR) is 128 cm³/mol. The van der Waals surface area contributed by atoms with Gasteiger partial charge in [0.2, 0.25) is 5.91 Å². The Bertz CT molecular complexity index is 1210. The fraction of sp³-hybridized carbons (Fsp3) is 0.222. The van der Waals surface area contributed by atoms with Crippen molar-refractivity contribution in [3.63, 3.8) is 0 Å². The second kappa shape index (κ2) is 9.13.